The molecule has 0 aliphatic rings. The molecule has 0 spiro atoms. The molecule has 0 aliphatic carbocycles. The lowest BCUT2D eigenvalue weighted by Gasteiger charge is -2.13. The van der Waals surface area contributed by atoms with E-state index < -0.39 is 17.9 Å². The first-order valence-electron chi connectivity index (χ1n) is 7.85. The molecule has 0 atom stereocenters. The number of carbonyl (C=O) groups is 1. The summed E-state index contributed by atoms with van der Waals surface area (Å²) < 4.78 is 45.9. The Kier molecular flexibility index (Phi) is 4.83. The van der Waals surface area contributed by atoms with Gasteiger partial charge in [0.15, 0.2) is 0 Å². The van der Waals surface area contributed by atoms with Gasteiger partial charge in [-0.15, -0.1) is 0 Å². The van der Waals surface area contributed by atoms with E-state index >= 15 is 0 Å². The fraction of sp³-hybridized carbons (Fsp3) is 0.222. The fourth-order valence-electron chi connectivity index (χ4n) is 2.73. The summed E-state index contributed by atoms with van der Waals surface area (Å²) in [6, 6.07) is 13.0. The molecule has 0 saturated carbocycles. The van der Waals surface area contributed by atoms with Crippen molar-refractivity contribution >= 4 is 16.9 Å². The van der Waals surface area contributed by atoms with Crippen molar-refractivity contribution in [2.24, 2.45) is 0 Å². The van der Waals surface area contributed by atoms with Crippen molar-refractivity contribution < 1.29 is 22.7 Å². The smallest absolute Gasteiger partial charge is 0.449 e. The van der Waals surface area contributed by atoms with E-state index in [1.165, 1.54) is 13.2 Å². The van der Waals surface area contributed by atoms with Crippen molar-refractivity contribution in [1.29, 1.82) is 0 Å². The minimum Gasteiger partial charge on any atom is -0.496 e. The first-order chi connectivity index (χ1) is 12.4. The summed E-state index contributed by atoms with van der Waals surface area (Å²) in [5.74, 6) is -1.00. The molecule has 2 aromatic carbocycles. The zero-order valence-corrected chi connectivity index (χ0v) is 13.9. The maximum absolute atomic E-state index is 13.2. The molecule has 0 saturated heterocycles. The number of amides is 1. The van der Waals surface area contributed by atoms with Crippen molar-refractivity contribution in [3.05, 3.63) is 59.9 Å². The second-order valence-corrected chi connectivity index (χ2v) is 5.53. The molecule has 0 radical (unpaired) electrons. The Morgan fingerprint density at radius 1 is 1.15 bits per heavy atom. The summed E-state index contributed by atoms with van der Waals surface area (Å²) in [5.41, 5.74) is 0.948. The van der Waals surface area contributed by atoms with Gasteiger partial charge in [-0.25, -0.2) is 4.98 Å². The molecular weight excluding hydrogens is 347 g/mol. The second-order valence-electron chi connectivity index (χ2n) is 5.53. The number of fused-ring (bicyclic) bond motifs is 1. The van der Waals surface area contributed by atoms with Crippen LogP contribution in [0.3, 0.4) is 0 Å². The number of para-hydroxylation sites is 3. The van der Waals surface area contributed by atoms with Crippen LogP contribution in [0.1, 0.15) is 16.2 Å². The van der Waals surface area contributed by atoms with Gasteiger partial charge in [-0.3, -0.25) is 4.79 Å². The first kappa shape index (κ1) is 17.8. The van der Waals surface area contributed by atoms with E-state index in [1.807, 2.05) is 0 Å². The van der Waals surface area contributed by atoms with Crippen LogP contribution in [0, 0.1) is 0 Å². The predicted molar refractivity (Wildman–Crippen MR) is 90.1 cm³/mol. The molecular formula is C18H16F3N3O2. The Balaban J connectivity index is 1.79. The molecule has 8 heteroatoms. The average Bonchev–Trinajstić information content (AvgIpc) is 3.01. The van der Waals surface area contributed by atoms with Crippen molar-refractivity contribution in [2.45, 2.75) is 12.7 Å². The minimum absolute atomic E-state index is 0.0142. The molecule has 0 aliphatic heterocycles. The Hall–Kier alpha value is -3.03. The topological polar surface area (TPSA) is 56.1 Å². The molecule has 1 N–H and O–H groups in total. The van der Waals surface area contributed by atoms with E-state index in [-0.39, 0.29) is 18.6 Å². The molecule has 3 rings (SSSR count). The molecule has 5 nitrogen and oxygen atoms in total. The third-order valence-electron chi connectivity index (χ3n) is 3.88. The number of benzene rings is 2. The summed E-state index contributed by atoms with van der Waals surface area (Å²) >= 11 is 0. The molecule has 1 heterocycles. The Morgan fingerprint density at radius 2 is 1.85 bits per heavy atom. The van der Waals surface area contributed by atoms with Crippen LogP contribution in [-0.2, 0) is 12.7 Å². The highest BCUT2D eigenvalue weighted by molar-refractivity contribution is 5.96. The average molecular weight is 363 g/mol. The van der Waals surface area contributed by atoms with Crippen LogP contribution in [0.25, 0.3) is 11.0 Å². The van der Waals surface area contributed by atoms with Crippen LogP contribution in [0.5, 0.6) is 5.75 Å². The van der Waals surface area contributed by atoms with Gasteiger partial charge in [0, 0.05) is 13.1 Å². The van der Waals surface area contributed by atoms with E-state index in [0.29, 0.717) is 16.8 Å². The van der Waals surface area contributed by atoms with E-state index in [2.05, 4.69) is 10.3 Å². The van der Waals surface area contributed by atoms with E-state index in [0.717, 1.165) is 4.57 Å². The Labute approximate surface area is 147 Å². The number of methoxy groups -OCH3 is 1. The highest BCUT2D eigenvalue weighted by Gasteiger charge is 2.37. The third kappa shape index (κ3) is 3.49. The van der Waals surface area contributed by atoms with Gasteiger partial charge >= 0.3 is 6.18 Å². The Bertz CT molecular complexity index is 935. The second kappa shape index (κ2) is 7.07. The van der Waals surface area contributed by atoms with E-state index in [9.17, 15) is 18.0 Å². The summed E-state index contributed by atoms with van der Waals surface area (Å²) in [6.45, 7) is -0.0451. The lowest BCUT2D eigenvalue weighted by Crippen LogP contribution is -2.28. The molecule has 1 amide bonds. The highest BCUT2D eigenvalue weighted by Crippen LogP contribution is 2.31. The number of halogens is 3. The van der Waals surface area contributed by atoms with Crippen LogP contribution in [0.15, 0.2) is 48.5 Å². The number of nitrogens with zero attached hydrogens (tertiary/aromatic N) is 2. The van der Waals surface area contributed by atoms with Crippen LogP contribution in [-0.4, -0.2) is 29.1 Å². The van der Waals surface area contributed by atoms with Crippen LogP contribution in [0.2, 0.25) is 0 Å². The van der Waals surface area contributed by atoms with Crippen LogP contribution >= 0.6 is 0 Å². The number of imidazole rings is 1. The quantitative estimate of drug-likeness (QED) is 0.755. The molecule has 1 aromatic heterocycles. The molecule has 136 valence electrons. The lowest BCUT2D eigenvalue weighted by atomic mass is 10.2. The summed E-state index contributed by atoms with van der Waals surface area (Å²) in [7, 11) is 1.44. The van der Waals surface area contributed by atoms with Gasteiger partial charge in [0.25, 0.3) is 5.91 Å². The number of hydrogen-bond donors (Lipinski definition) is 1. The van der Waals surface area contributed by atoms with Crippen molar-refractivity contribution in [3.63, 3.8) is 0 Å². The largest absolute Gasteiger partial charge is 0.496 e. The SMILES string of the molecule is COc1ccccc1C(=O)NCCn1c(C(F)(F)F)nc2ccccc21. The van der Waals surface area contributed by atoms with Crippen LogP contribution in [0.4, 0.5) is 13.2 Å². The van der Waals surface area contributed by atoms with Gasteiger partial charge in [-0.05, 0) is 24.3 Å². The maximum atomic E-state index is 13.2. The summed E-state index contributed by atoms with van der Waals surface area (Å²) in [4.78, 5) is 15.9. The zero-order valence-electron chi connectivity index (χ0n) is 13.9. The lowest BCUT2D eigenvalue weighted by molar-refractivity contribution is -0.146. The van der Waals surface area contributed by atoms with Gasteiger partial charge in [-0.2, -0.15) is 13.2 Å². The number of nitrogens with one attached hydrogen (secondary N) is 1. The van der Waals surface area contributed by atoms with Crippen molar-refractivity contribution in [1.82, 2.24) is 14.9 Å². The van der Waals surface area contributed by atoms with Gasteiger partial charge in [-0.1, -0.05) is 24.3 Å². The molecule has 0 bridgehead atoms. The van der Waals surface area contributed by atoms with E-state index in [1.54, 1.807) is 42.5 Å². The first-order valence-corrected chi connectivity index (χ1v) is 7.85. The van der Waals surface area contributed by atoms with Gasteiger partial charge in [0.1, 0.15) is 5.75 Å². The zero-order chi connectivity index (χ0) is 18.7. The maximum Gasteiger partial charge on any atom is 0.449 e. The number of aromatic nitrogens is 2. The van der Waals surface area contributed by atoms with Gasteiger partial charge in [0.2, 0.25) is 5.82 Å². The van der Waals surface area contributed by atoms with Gasteiger partial charge in [0.05, 0.1) is 23.7 Å². The summed E-state index contributed by atoms with van der Waals surface area (Å²) in [6.07, 6.45) is -4.58. The predicted octanol–water partition coefficient (Wildman–Crippen LogP) is 3.49. The Morgan fingerprint density at radius 3 is 2.58 bits per heavy atom. The van der Waals surface area contributed by atoms with Crippen molar-refractivity contribution in [3.8, 4) is 5.75 Å². The van der Waals surface area contributed by atoms with Crippen LogP contribution < -0.4 is 10.1 Å². The number of ether oxygens (including phenoxy) is 1. The molecule has 26 heavy (non-hydrogen) atoms. The number of alkyl halides is 3. The number of hydrogen-bond acceptors (Lipinski definition) is 3. The monoisotopic (exact) mass is 363 g/mol. The van der Waals surface area contributed by atoms with E-state index in [4.69, 9.17) is 4.74 Å². The van der Waals surface area contributed by atoms with Gasteiger partial charge < -0.3 is 14.6 Å². The highest BCUT2D eigenvalue weighted by atomic mass is 19.4. The third-order valence-corrected chi connectivity index (χ3v) is 3.88. The van der Waals surface area contributed by atoms with Crippen molar-refractivity contribution in [2.75, 3.05) is 13.7 Å². The molecule has 3 aromatic rings. The number of carbonyl (C=O) groups excluding carboxylic acids is 1. The normalized spacial score (nSPS) is 11.5. The number of rotatable bonds is 5. The minimum atomic E-state index is -4.58. The fourth-order valence-corrected chi connectivity index (χ4v) is 2.73. The summed E-state index contributed by atoms with van der Waals surface area (Å²) in [5, 5.41) is 2.62. The standard InChI is InChI=1S/C18H16F3N3O2/c1-26-15-9-5-2-6-12(15)16(25)22-10-11-24-14-8-4-3-7-13(14)23-17(24)18(19,20)21/h2-9H,10-11H2,1H3,(H,22,25). The molecule has 0 unspecified atom stereocenters. The molecule has 0 fully saturated rings.